The lowest BCUT2D eigenvalue weighted by atomic mass is 10.2. The van der Waals surface area contributed by atoms with Gasteiger partial charge in [-0.3, -0.25) is 14.6 Å². The van der Waals surface area contributed by atoms with Crippen LogP contribution in [0.4, 0.5) is 10.1 Å². The second kappa shape index (κ2) is 9.56. The van der Waals surface area contributed by atoms with Gasteiger partial charge in [-0.15, -0.1) is 0 Å². The summed E-state index contributed by atoms with van der Waals surface area (Å²) in [6.45, 7) is 4.10. The Bertz CT molecular complexity index is 842. The Morgan fingerprint density at radius 1 is 1.11 bits per heavy atom. The van der Waals surface area contributed by atoms with Gasteiger partial charge in [0.15, 0.2) is 0 Å². The minimum Gasteiger partial charge on any atom is -0.495 e. The Hall–Kier alpha value is -1.86. The standard InChI is InChI=1S/C20H22Cl2FN3O2/c1-28-19-5-3-15(21)10-18(19)24-20(27)13-26-8-6-25(7-9-26)12-14-2-4-16(23)11-17(14)22/h2-5,10-11H,6-9,12-13H2,1H3,(H,24,27). The molecule has 0 radical (unpaired) electrons. The van der Waals surface area contributed by atoms with E-state index in [0.29, 0.717) is 34.6 Å². The molecule has 5 nitrogen and oxygen atoms in total. The number of hydrogen-bond acceptors (Lipinski definition) is 4. The number of methoxy groups -OCH3 is 1. The number of piperazine rings is 1. The van der Waals surface area contributed by atoms with Crippen LogP contribution in [0.15, 0.2) is 36.4 Å². The zero-order valence-electron chi connectivity index (χ0n) is 15.6. The van der Waals surface area contributed by atoms with Gasteiger partial charge in [0, 0.05) is 42.8 Å². The third-order valence-electron chi connectivity index (χ3n) is 4.68. The first-order valence-electron chi connectivity index (χ1n) is 8.96. The molecule has 2 aromatic carbocycles. The molecule has 3 rings (SSSR count). The zero-order chi connectivity index (χ0) is 20.1. The summed E-state index contributed by atoms with van der Waals surface area (Å²) in [5.74, 6) is 0.121. The van der Waals surface area contributed by atoms with Crippen molar-refractivity contribution >= 4 is 34.8 Å². The highest BCUT2D eigenvalue weighted by Gasteiger charge is 2.20. The Morgan fingerprint density at radius 2 is 1.82 bits per heavy atom. The molecule has 28 heavy (non-hydrogen) atoms. The molecule has 1 aliphatic heterocycles. The molecule has 150 valence electrons. The van der Waals surface area contributed by atoms with Crippen molar-refractivity contribution < 1.29 is 13.9 Å². The molecule has 1 N–H and O–H groups in total. The van der Waals surface area contributed by atoms with Crippen LogP contribution in [-0.4, -0.2) is 55.5 Å². The first-order chi connectivity index (χ1) is 13.4. The number of carbonyl (C=O) groups is 1. The summed E-state index contributed by atoms with van der Waals surface area (Å²) in [6.07, 6.45) is 0. The molecule has 1 fully saturated rings. The van der Waals surface area contributed by atoms with Crippen LogP contribution < -0.4 is 10.1 Å². The maximum absolute atomic E-state index is 13.2. The fraction of sp³-hybridized carbons (Fsp3) is 0.350. The third-order valence-corrected chi connectivity index (χ3v) is 5.26. The topological polar surface area (TPSA) is 44.8 Å². The molecule has 8 heteroatoms. The van der Waals surface area contributed by atoms with E-state index in [1.165, 1.54) is 12.1 Å². The van der Waals surface area contributed by atoms with Crippen molar-refractivity contribution in [3.8, 4) is 5.75 Å². The predicted octanol–water partition coefficient (Wildman–Crippen LogP) is 3.90. The van der Waals surface area contributed by atoms with Gasteiger partial charge in [-0.05, 0) is 35.9 Å². The maximum Gasteiger partial charge on any atom is 0.238 e. The van der Waals surface area contributed by atoms with E-state index in [9.17, 15) is 9.18 Å². The van der Waals surface area contributed by atoms with Crippen LogP contribution in [-0.2, 0) is 11.3 Å². The van der Waals surface area contributed by atoms with Crippen LogP contribution in [0.2, 0.25) is 10.0 Å². The second-order valence-corrected chi connectivity index (χ2v) is 7.52. The molecule has 1 heterocycles. The van der Waals surface area contributed by atoms with Crippen LogP contribution in [0, 0.1) is 5.82 Å². The molecule has 0 atom stereocenters. The van der Waals surface area contributed by atoms with Gasteiger partial charge in [0.1, 0.15) is 11.6 Å². The quantitative estimate of drug-likeness (QED) is 0.761. The molecule has 0 aliphatic carbocycles. The van der Waals surface area contributed by atoms with Gasteiger partial charge in [0.25, 0.3) is 0 Å². The number of benzene rings is 2. The normalized spacial score (nSPS) is 15.4. The fourth-order valence-corrected chi connectivity index (χ4v) is 3.57. The summed E-state index contributed by atoms with van der Waals surface area (Å²) in [7, 11) is 1.55. The molecule has 1 aliphatic rings. The Balaban J connectivity index is 1.49. The average Bonchev–Trinajstić information content (AvgIpc) is 2.65. The Morgan fingerprint density at radius 3 is 2.50 bits per heavy atom. The minimum atomic E-state index is -0.332. The lowest BCUT2D eigenvalue weighted by Crippen LogP contribution is -2.48. The Kier molecular flexibility index (Phi) is 7.13. The highest BCUT2D eigenvalue weighted by Crippen LogP contribution is 2.27. The Labute approximate surface area is 174 Å². The monoisotopic (exact) mass is 425 g/mol. The van der Waals surface area contributed by atoms with E-state index in [1.807, 2.05) is 0 Å². The SMILES string of the molecule is COc1ccc(Cl)cc1NC(=O)CN1CCN(Cc2ccc(F)cc2Cl)CC1. The number of anilines is 1. The van der Waals surface area contributed by atoms with Crippen LogP contribution >= 0.6 is 23.2 Å². The van der Waals surface area contributed by atoms with Gasteiger partial charge in [-0.1, -0.05) is 29.3 Å². The van der Waals surface area contributed by atoms with E-state index in [1.54, 1.807) is 31.4 Å². The van der Waals surface area contributed by atoms with Gasteiger partial charge >= 0.3 is 0 Å². The molecule has 1 amide bonds. The number of hydrogen-bond donors (Lipinski definition) is 1. The largest absolute Gasteiger partial charge is 0.495 e. The summed E-state index contributed by atoms with van der Waals surface area (Å²) in [5.41, 5.74) is 1.46. The highest BCUT2D eigenvalue weighted by atomic mass is 35.5. The number of amides is 1. The molecule has 0 aromatic heterocycles. The van der Waals surface area contributed by atoms with E-state index < -0.39 is 0 Å². The molecule has 2 aromatic rings. The van der Waals surface area contributed by atoms with E-state index in [4.69, 9.17) is 27.9 Å². The number of nitrogens with zero attached hydrogens (tertiary/aromatic N) is 2. The predicted molar refractivity (Wildman–Crippen MR) is 110 cm³/mol. The first-order valence-corrected chi connectivity index (χ1v) is 9.72. The van der Waals surface area contributed by atoms with Gasteiger partial charge in [0.05, 0.1) is 19.3 Å². The molecular weight excluding hydrogens is 404 g/mol. The molecule has 0 unspecified atom stereocenters. The molecular formula is C20H22Cl2FN3O2. The van der Waals surface area contributed by atoms with Gasteiger partial charge in [0.2, 0.25) is 5.91 Å². The minimum absolute atomic E-state index is 0.115. The van der Waals surface area contributed by atoms with Crippen molar-refractivity contribution in [3.63, 3.8) is 0 Å². The van der Waals surface area contributed by atoms with Crippen molar-refractivity contribution in [3.05, 3.63) is 57.8 Å². The molecule has 0 bridgehead atoms. The second-order valence-electron chi connectivity index (χ2n) is 6.68. The van der Waals surface area contributed by atoms with Gasteiger partial charge in [-0.2, -0.15) is 0 Å². The van der Waals surface area contributed by atoms with Gasteiger partial charge < -0.3 is 10.1 Å². The van der Waals surface area contributed by atoms with E-state index in [0.717, 1.165) is 31.7 Å². The van der Waals surface area contributed by atoms with E-state index in [2.05, 4.69) is 15.1 Å². The van der Waals surface area contributed by atoms with Crippen molar-refractivity contribution in [2.75, 3.05) is 45.2 Å². The summed E-state index contributed by atoms with van der Waals surface area (Å²) < 4.78 is 18.4. The third kappa shape index (κ3) is 5.58. The number of nitrogens with one attached hydrogen (secondary N) is 1. The summed E-state index contributed by atoms with van der Waals surface area (Å²) in [5, 5.41) is 3.83. The first kappa shape index (κ1) is 20.9. The highest BCUT2D eigenvalue weighted by molar-refractivity contribution is 6.31. The van der Waals surface area contributed by atoms with Crippen molar-refractivity contribution in [2.24, 2.45) is 0 Å². The van der Waals surface area contributed by atoms with Crippen molar-refractivity contribution in [1.29, 1.82) is 0 Å². The lowest BCUT2D eigenvalue weighted by molar-refractivity contribution is -0.117. The molecule has 0 saturated carbocycles. The number of halogens is 3. The molecule has 0 spiro atoms. The lowest BCUT2D eigenvalue weighted by Gasteiger charge is -2.34. The van der Waals surface area contributed by atoms with Crippen LogP contribution in [0.5, 0.6) is 5.75 Å². The van der Waals surface area contributed by atoms with Crippen LogP contribution in [0.1, 0.15) is 5.56 Å². The molecule has 1 saturated heterocycles. The van der Waals surface area contributed by atoms with E-state index in [-0.39, 0.29) is 11.7 Å². The number of rotatable bonds is 6. The number of carbonyl (C=O) groups excluding carboxylic acids is 1. The van der Waals surface area contributed by atoms with Gasteiger partial charge in [-0.25, -0.2) is 4.39 Å². The zero-order valence-corrected chi connectivity index (χ0v) is 17.1. The van der Waals surface area contributed by atoms with Crippen LogP contribution in [0.25, 0.3) is 0 Å². The fourth-order valence-electron chi connectivity index (χ4n) is 3.17. The average molecular weight is 426 g/mol. The van der Waals surface area contributed by atoms with E-state index >= 15 is 0 Å². The summed E-state index contributed by atoms with van der Waals surface area (Å²) in [6, 6.07) is 9.58. The van der Waals surface area contributed by atoms with Crippen LogP contribution in [0.3, 0.4) is 0 Å². The van der Waals surface area contributed by atoms with Crippen molar-refractivity contribution in [1.82, 2.24) is 9.80 Å². The summed E-state index contributed by atoms with van der Waals surface area (Å²) >= 11 is 12.1. The smallest absolute Gasteiger partial charge is 0.238 e. The summed E-state index contributed by atoms with van der Waals surface area (Å²) in [4.78, 5) is 16.7. The van der Waals surface area contributed by atoms with Crippen molar-refractivity contribution in [2.45, 2.75) is 6.54 Å². The number of ether oxygens (including phenoxy) is 1. The maximum atomic E-state index is 13.2.